The molecule has 3 heterocycles. The molecule has 3 fully saturated rings. The third-order valence-electron chi connectivity index (χ3n) is 5.40. The van der Waals surface area contributed by atoms with Gasteiger partial charge in [-0.3, -0.25) is 4.90 Å². The molecule has 3 aliphatic rings. The van der Waals surface area contributed by atoms with Crippen LogP contribution in [-0.4, -0.2) is 79.3 Å². The number of likely N-dealkylation sites (tertiary alicyclic amines) is 1. The van der Waals surface area contributed by atoms with Crippen LogP contribution in [0.3, 0.4) is 0 Å². The average Bonchev–Trinajstić information content (AvgIpc) is 3.05. The van der Waals surface area contributed by atoms with Crippen LogP contribution in [0.15, 0.2) is 12.2 Å². The van der Waals surface area contributed by atoms with Crippen LogP contribution in [0.5, 0.6) is 0 Å². The van der Waals surface area contributed by atoms with Crippen molar-refractivity contribution in [3.63, 3.8) is 0 Å². The molecule has 5 nitrogen and oxygen atoms in total. The molecule has 0 aromatic carbocycles. The van der Waals surface area contributed by atoms with E-state index >= 15 is 0 Å². The summed E-state index contributed by atoms with van der Waals surface area (Å²) in [4.78, 5) is 19.1. The number of hydrogen-bond donors (Lipinski definition) is 0. The second-order valence-corrected chi connectivity index (χ2v) is 7.51. The van der Waals surface area contributed by atoms with Crippen molar-refractivity contribution >= 4 is 6.09 Å². The topological polar surface area (TPSA) is 36.0 Å². The quantitative estimate of drug-likeness (QED) is 0.728. The summed E-state index contributed by atoms with van der Waals surface area (Å²) < 4.78 is 5.82. The minimum Gasteiger partial charge on any atom is -0.445 e. The molecular formula is C18H31N3O2. The normalized spacial score (nSPS) is 31.4. The van der Waals surface area contributed by atoms with Crippen LogP contribution in [0.25, 0.3) is 0 Å². The summed E-state index contributed by atoms with van der Waals surface area (Å²) in [7, 11) is 4.15. The number of piperidine rings is 1. The third-order valence-corrected chi connectivity index (χ3v) is 5.40. The smallest absolute Gasteiger partial charge is 0.410 e. The molecule has 2 bridgehead atoms. The van der Waals surface area contributed by atoms with Gasteiger partial charge in [0.15, 0.2) is 0 Å². The molecule has 0 aromatic rings. The molecule has 3 aliphatic heterocycles. The number of fused-ring (bicyclic) bond motifs is 2. The zero-order valence-electron chi connectivity index (χ0n) is 14.6. The van der Waals surface area contributed by atoms with Gasteiger partial charge in [0.1, 0.15) is 6.10 Å². The van der Waals surface area contributed by atoms with E-state index in [2.05, 4.69) is 40.9 Å². The second-order valence-electron chi connectivity index (χ2n) is 7.51. The molecule has 0 aliphatic carbocycles. The van der Waals surface area contributed by atoms with E-state index in [0.717, 1.165) is 32.6 Å². The van der Waals surface area contributed by atoms with Crippen molar-refractivity contribution in [2.45, 2.75) is 56.7 Å². The first-order valence-electron chi connectivity index (χ1n) is 9.14. The van der Waals surface area contributed by atoms with Crippen molar-refractivity contribution in [3.8, 4) is 0 Å². The Morgan fingerprint density at radius 3 is 2.57 bits per heavy atom. The number of hydrogen-bond acceptors (Lipinski definition) is 4. The van der Waals surface area contributed by atoms with Gasteiger partial charge in [0.05, 0.1) is 0 Å². The Hall–Kier alpha value is -1.07. The van der Waals surface area contributed by atoms with E-state index in [1.807, 2.05) is 0 Å². The van der Waals surface area contributed by atoms with E-state index in [9.17, 15) is 4.79 Å². The maximum Gasteiger partial charge on any atom is 0.410 e. The Bertz CT molecular complexity index is 422. The number of likely N-dealkylation sites (N-methyl/N-ethyl adjacent to an activating group) is 1. The zero-order chi connectivity index (χ0) is 16.2. The van der Waals surface area contributed by atoms with Gasteiger partial charge in [-0.2, -0.15) is 0 Å². The lowest BCUT2D eigenvalue weighted by molar-refractivity contribution is 0.0420. The maximum atomic E-state index is 12.5. The minimum absolute atomic E-state index is 0.0489. The first-order valence-corrected chi connectivity index (χ1v) is 9.14. The molecule has 0 aromatic heterocycles. The number of carbonyl (C=O) groups excluding carboxylic acids is 1. The molecule has 23 heavy (non-hydrogen) atoms. The fourth-order valence-corrected chi connectivity index (χ4v) is 4.19. The Kier molecular flexibility index (Phi) is 5.59. The molecule has 0 spiro atoms. The predicted molar refractivity (Wildman–Crippen MR) is 91.5 cm³/mol. The Morgan fingerprint density at radius 2 is 1.87 bits per heavy atom. The Labute approximate surface area is 140 Å². The number of ether oxygens (including phenoxy) is 1. The highest BCUT2D eigenvalue weighted by molar-refractivity contribution is 5.69. The highest BCUT2D eigenvalue weighted by atomic mass is 16.6. The summed E-state index contributed by atoms with van der Waals surface area (Å²) in [6.07, 6.45) is 11.4. The summed E-state index contributed by atoms with van der Waals surface area (Å²) in [6.45, 7) is 3.83. The third kappa shape index (κ3) is 4.27. The van der Waals surface area contributed by atoms with Crippen molar-refractivity contribution in [1.82, 2.24) is 14.7 Å². The fraction of sp³-hybridized carbons (Fsp3) is 0.833. The van der Waals surface area contributed by atoms with Gasteiger partial charge in [-0.1, -0.05) is 12.2 Å². The van der Waals surface area contributed by atoms with Gasteiger partial charge in [-0.15, -0.1) is 0 Å². The van der Waals surface area contributed by atoms with Crippen molar-refractivity contribution in [3.05, 3.63) is 12.2 Å². The lowest BCUT2D eigenvalue weighted by Gasteiger charge is -2.34. The van der Waals surface area contributed by atoms with Gasteiger partial charge >= 0.3 is 6.09 Å². The van der Waals surface area contributed by atoms with E-state index in [0.29, 0.717) is 12.1 Å². The largest absolute Gasteiger partial charge is 0.445 e. The van der Waals surface area contributed by atoms with Crippen molar-refractivity contribution in [2.75, 3.05) is 40.3 Å². The Balaban J connectivity index is 1.41. The summed E-state index contributed by atoms with van der Waals surface area (Å²) in [5.41, 5.74) is 0. The predicted octanol–water partition coefficient (Wildman–Crippen LogP) is 2.33. The van der Waals surface area contributed by atoms with Crippen molar-refractivity contribution in [2.24, 2.45) is 0 Å². The second kappa shape index (κ2) is 7.67. The summed E-state index contributed by atoms with van der Waals surface area (Å²) in [6, 6.07) is 0.903. The molecule has 3 rings (SSSR count). The van der Waals surface area contributed by atoms with Gasteiger partial charge in [0.25, 0.3) is 0 Å². The standard InChI is InChI=1S/C18H31N3O2/c1-19(2)11-3-4-12-20-13-10-17(14-20)23-18(22)21-15-6-5-7-16(21)9-8-15/h3-4,15-17H,5-14H2,1-2H3/b4-3+/t15?,16?,17-/m1/s1. The molecule has 0 radical (unpaired) electrons. The van der Waals surface area contributed by atoms with E-state index < -0.39 is 0 Å². The molecule has 0 N–H and O–H groups in total. The van der Waals surface area contributed by atoms with Crippen LogP contribution < -0.4 is 0 Å². The SMILES string of the molecule is CN(C)C/C=C/CN1CC[C@@H](OC(=O)N2C3CCCC2CC3)C1. The van der Waals surface area contributed by atoms with E-state index in [4.69, 9.17) is 4.74 Å². The highest BCUT2D eigenvalue weighted by Gasteiger charge is 2.41. The molecule has 1 amide bonds. The molecule has 3 atom stereocenters. The van der Waals surface area contributed by atoms with Crippen LogP contribution in [0.1, 0.15) is 38.5 Å². The average molecular weight is 321 g/mol. The van der Waals surface area contributed by atoms with Crippen LogP contribution >= 0.6 is 0 Å². The van der Waals surface area contributed by atoms with Gasteiger partial charge in [-0.25, -0.2) is 4.79 Å². The number of nitrogens with zero attached hydrogens (tertiary/aromatic N) is 3. The van der Waals surface area contributed by atoms with E-state index in [1.54, 1.807) is 0 Å². The summed E-state index contributed by atoms with van der Waals surface area (Å²) in [5, 5.41) is 0. The number of rotatable bonds is 5. The molecule has 130 valence electrons. The maximum absolute atomic E-state index is 12.5. The monoisotopic (exact) mass is 321 g/mol. The van der Waals surface area contributed by atoms with Crippen molar-refractivity contribution in [1.29, 1.82) is 0 Å². The molecule has 3 saturated heterocycles. The first kappa shape index (κ1) is 16.8. The Morgan fingerprint density at radius 1 is 1.13 bits per heavy atom. The summed E-state index contributed by atoms with van der Waals surface area (Å²) in [5.74, 6) is 0. The van der Waals surface area contributed by atoms with Crippen LogP contribution in [0.4, 0.5) is 4.79 Å². The lowest BCUT2D eigenvalue weighted by Crippen LogP contribution is -2.45. The zero-order valence-corrected chi connectivity index (χ0v) is 14.6. The van der Waals surface area contributed by atoms with E-state index in [1.165, 1.54) is 32.1 Å². The summed E-state index contributed by atoms with van der Waals surface area (Å²) >= 11 is 0. The van der Waals surface area contributed by atoms with Crippen LogP contribution in [-0.2, 0) is 4.74 Å². The first-order chi connectivity index (χ1) is 11.1. The van der Waals surface area contributed by atoms with Gasteiger partial charge in [0.2, 0.25) is 0 Å². The van der Waals surface area contributed by atoms with Crippen molar-refractivity contribution < 1.29 is 9.53 Å². The van der Waals surface area contributed by atoms with E-state index in [-0.39, 0.29) is 12.2 Å². The number of carbonyl (C=O) groups is 1. The van der Waals surface area contributed by atoms with Gasteiger partial charge in [0, 0.05) is 38.3 Å². The molecular weight excluding hydrogens is 290 g/mol. The molecule has 5 heteroatoms. The van der Waals surface area contributed by atoms with Crippen LogP contribution in [0.2, 0.25) is 0 Å². The highest BCUT2D eigenvalue weighted by Crippen LogP contribution is 2.36. The van der Waals surface area contributed by atoms with Gasteiger partial charge < -0.3 is 14.5 Å². The molecule has 0 saturated carbocycles. The number of amides is 1. The molecule has 2 unspecified atom stereocenters. The lowest BCUT2D eigenvalue weighted by atomic mass is 10.0. The minimum atomic E-state index is -0.0489. The van der Waals surface area contributed by atoms with Crippen LogP contribution in [0, 0.1) is 0 Å². The fourth-order valence-electron chi connectivity index (χ4n) is 4.19. The van der Waals surface area contributed by atoms with Gasteiger partial charge in [-0.05, 0) is 52.6 Å².